The lowest BCUT2D eigenvalue weighted by Gasteiger charge is -2.27. The van der Waals surface area contributed by atoms with Gasteiger partial charge in [-0.3, -0.25) is 4.79 Å². The number of ether oxygens (including phenoxy) is 1. The molecule has 0 radical (unpaired) electrons. The van der Waals surface area contributed by atoms with Gasteiger partial charge in [-0.1, -0.05) is 42.1 Å². The number of hydrogen-bond donors (Lipinski definition) is 1. The molecule has 2 amide bonds. The van der Waals surface area contributed by atoms with Crippen molar-refractivity contribution in [2.24, 2.45) is 4.99 Å². The lowest BCUT2D eigenvalue weighted by molar-refractivity contribution is -0.119. The van der Waals surface area contributed by atoms with Gasteiger partial charge < -0.3 is 19.9 Å². The topological polar surface area (TPSA) is 108 Å². The summed E-state index contributed by atoms with van der Waals surface area (Å²) in [7, 11) is -3.20. The Morgan fingerprint density at radius 1 is 1.07 bits per heavy atom. The van der Waals surface area contributed by atoms with Crippen LogP contribution in [0.15, 0.2) is 59.6 Å². The highest BCUT2D eigenvalue weighted by molar-refractivity contribution is 8.16. The number of hydrogen-bond acceptors (Lipinski definition) is 7. The number of rotatable bonds is 8. The summed E-state index contributed by atoms with van der Waals surface area (Å²) >= 11 is 1.31. The minimum absolute atomic E-state index is 0.000718. The molecule has 3 atom stereocenters. The van der Waals surface area contributed by atoms with Gasteiger partial charge in [0.2, 0.25) is 0 Å². The van der Waals surface area contributed by atoms with Crippen LogP contribution in [0.2, 0.25) is 0 Å². The van der Waals surface area contributed by atoms with Crippen molar-refractivity contribution in [2.45, 2.75) is 64.0 Å². The molecule has 0 bridgehead atoms. The van der Waals surface area contributed by atoms with Crippen LogP contribution in [0, 0.1) is 0 Å². The van der Waals surface area contributed by atoms with E-state index in [-0.39, 0.29) is 29.2 Å². The minimum Gasteiger partial charge on any atom is -0.444 e. The van der Waals surface area contributed by atoms with Crippen LogP contribution in [0.25, 0.3) is 0 Å². The minimum atomic E-state index is -3.20. The van der Waals surface area contributed by atoms with Gasteiger partial charge in [0.15, 0.2) is 15.0 Å². The summed E-state index contributed by atoms with van der Waals surface area (Å²) in [6.07, 6.45) is -0.465. The van der Waals surface area contributed by atoms with Crippen LogP contribution in [0.3, 0.4) is 0 Å². The van der Waals surface area contributed by atoms with E-state index >= 15 is 0 Å². The quantitative estimate of drug-likeness (QED) is 0.489. The first-order valence-corrected chi connectivity index (χ1v) is 16.3. The number of alkyl carbamates (subject to hydrolysis) is 1. The fraction of sp³-hybridized carbons (Fsp3) is 0.483. The number of carbonyl (C=O) groups excluding carboxylic acids is 2. The second-order valence-corrected chi connectivity index (χ2v) is 14.3. The molecule has 216 valence electrons. The highest BCUT2D eigenvalue weighted by atomic mass is 32.2. The number of carbonyl (C=O) groups is 2. The van der Waals surface area contributed by atoms with Gasteiger partial charge in [0, 0.05) is 36.1 Å². The predicted octanol–water partition coefficient (Wildman–Crippen LogP) is 4.27. The average Bonchev–Trinajstić information content (AvgIpc) is 3.35. The van der Waals surface area contributed by atoms with Crippen molar-refractivity contribution in [1.29, 1.82) is 0 Å². The number of nitrogens with one attached hydrogen (secondary N) is 1. The van der Waals surface area contributed by atoms with Gasteiger partial charge in [-0.15, -0.1) is 0 Å². The van der Waals surface area contributed by atoms with Crippen molar-refractivity contribution in [3.63, 3.8) is 0 Å². The van der Waals surface area contributed by atoms with Gasteiger partial charge in [0.1, 0.15) is 11.6 Å². The third-order valence-corrected chi connectivity index (χ3v) is 10.0. The summed E-state index contributed by atoms with van der Waals surface area (Å²) in [6, 6.07) is 16.0. The largest absolute Gasteiger partial charge is 0.444 e. The van der Waals surface area contributed by atoms with Gasteiger partial charge >= 0.3 is 6.09 Å². The first-order valence-electron chi connectivity index (χ1n) is 13.6. The third-order valence-electron chi connectivity index (χ3n) is 6.80. The molecule has 2 aromatic carbocycles. The Bertz CT molecular complexity index is 1340. The predicted molar refractivity (Wildman–Crippen MR) is 162 cm³/mol. The number of aliphatic imine (C=N–C) groups is 1. The normalized spacial score (nSPS) is 21.6. The maximum Gasteiger partial charge on any atom is 0.408 e. The lowest BCUT2D eigenvalue weighted by atomic mass is 10.1. The molecule has 0 unspecified atom stereocenters. The van der Waals surface area contributed by atoms with E-state index in [1.165, 1.54) is 11.8 Å². The maximum absolute atomic E-state index is 13.6. The zero-order chi connectivity index (χ0) is 29.1. The van der Waals surface area contributed by atoms with Crippen LogP contribution >= 0.6 is 11.8 Å². The fourth-order valence-corrected chi connectivity index (χ4v) is 8.87. The highest BCUT2D eigenvalue weighted by Crippen LogP contribution is 2.41. The van der Waals surface area contributed by atoms with Crippen molar-refractivity contribution in [3.05, 3.63) is 60.2 Å². The van der Waals surface area contributed by atoms with Gasteiger partial charge in [0.05, 0.1) is 17.5 Å². The number of amides is 2. The molecule has 9 nitrogen and oxygen atoms in total. The number of nitrogens with zero attached hydrogens (tertiary/aromatic N) is 3. The molecule has 2 aliphatic heterocycles. The van der Waals surface area contributed by atoms with E-state index in [9.17, 15) is 18.0 Å². The third kappa shape index (κ3) is 7.37. The second-order valence-electron chi connectivity index (χ2n) is 11.0. The van der Waals surface area contributed by atoms with Crippen molar-refractivity contribution >= 4 is 50.1 Å². The van der Waals surface area contributed by atoms with E-state index in [2.05, 4.69) is 29.1 Å². The van der Waals surface area contributed by atoms with Crippen LogP contribution in [-0.2, 0) is 25.8 Å². The smallest absolute Gasteiger partial charge is 0.408 e. The zero-order valence-electron chi connectivity index (χ0n) is 23.7. The first-order chi connectivity index (χ1) is 18.9. The zero-order valence-corrected chi connectivity index (χ0v) is 25.3. The van der Waals surface area contributed by atoms with Crippen molar-refractivity contribution in [1.82, 2.24) is 5.32 Å². The van der Waals surface area contributed by atoms with Crippen LogP contribution in [0.5, 0.6) is 0 Å². The van der Waals surface area contributed by atoms with E-state index in [1.54, 1.807) is 20.8 Å². The molecule has 2 saturated heterocycles. The van der Waals surface area contributed by atoms with Crippen LogP contribution in [0.1, 0.15) is 40.2 Å². The summed E-state index contributed by atoms with van der Waals surface area (Å²) in [4.78, 5) is 34.8. The molecule has 11 heteroatoms. The molecule has 2 fully saturated rings. The Morgan fingerprint density at radius 2 is 1.73 bits per heavy atom. The Balaban J connectivity index is 1.65. The summed E-state index contributed by atoms with van der Waals surface area (Å²) in [5.41, 5.74) is 1.98. The van der Waals surface area contributed by atoms with Crippen LogP contribution < -0.4 is 15.1 Å². The molecule has 2 aliphatic rings. The van der Waals surface area contributed by atoms with Gasteiger partial charge in [-0.05, 0) is 64.4 Å². The van der Waals surface area contributed by atoms with Crippen molar-refractivity contribution in [2.75, 3.05) is 34.4 Å². The van der Waals surface area contributed by atoms with E-state index in [4.69, 9.17) is 4.74 Å². The molecule has 2 aromatic rings. The molecule has 1 N–H and O–H groups in total. The van der Waals surface area contributed by atoms with Gasteiger partial charge in [-0.2, -0.15) is 4.99 Å². The van der Waals surface area contributed by atoms with Crippen LogP contribution in [-0.4, -0.2) is 73.1 Å². The highest BCUT2D eigenvalue weighted by Gasteiger charge is 2.49. The van der Waals surface area contributed by atoms with E-state index in [1.807, 2.05) is 59.5 Å². The molecule has 0 saturated carbocycles. The summed E-state index contributed by atoms with van der Waals surface area (Å²) in [6.45, 7) is 11.2. The Kier molecular flexibility index (Phi) is 9.14. The molecular weight excluding hydrogens is 548 g/mol. The molecule has 0 aliphatic carbocycles. The first kappa shape index (κ1) is 29.9. The maximum atomic E-state index is 13.6. The Morgan fingerprint density at radius 3 is 2.33 bits per heavy atom. The number of thioether (sulfide) groups is 1. The SMILES string of the molecule is CCN(CC)c1ccc(N2C(=NC(=O)[C@H](Cc3ccccc3)NC(=O)OC(C)(C)C)S[C@@H]3CS(=O)(=O)C[C@H]32)cc1. The molecular formula is C29H38N4O5S2. The van der Waals surface area contributed by atoms with E-state index in [0.717, 1.165) is 30.0 Å². The Labute approximate surface area is 241 Å². The fourth-order valence-electron chi connectivity index (χ4n) is 4.95. The van der Waals surface area contributed by atoms with Crippen molar-refractivity contribution < 1.29 is 22.7 Å². The number of fused-ring (bicyclic) bond motifs is 1. The molecule has 0 aromatic heterocycles. The van der Waals surface area contributed by atoms with Crippen molar-refractivity contribution in [3.8, 4) is 0 Å². The number of sulfone groups is 1. The molecule has 4 rings (SSSR count). The van der Waals surface area contributed by atoms with Gasteiger partial charge in [0.25, 0.3) is 5.91 Å². The monoisotopic (exact) mass is 586 g/mol. The summed E-state index contributed by atoms with van der Waals surface area (Å²) < 4.78 is 30.4. The Hall–Kier alpha value is -3.05. The number of anilines is 2. The summed E-state index contributed by atoms with van der Waals surface area (Å²) in [5, 5.41) is 2.91. The van der Waals surface area contributed by atoms with Gasteiger partial charge in [-0.25, -0.2) is 13.2 Å². The summed E-state index contributed by atoms with van der Waals surface area (Å²) in [5.74, 6) is -0.489. The van der Waals surface area contributed by atoms with Crippen LogP contribution in [0.4, 0.5) is 16.2 Å². The average molecular weight is 587 g/mol. The van der Waals surface area contributed by atoms with E-state index in [0.29, 0.717) is 5.17 Å². The van der Waals surface area contributed by atoms with E-state index < -0.39 is 33.5 Å². The second kappa shape index (κ2) is 12.2. The lowest BCUT2D eigenvalue weighted by Crippen LogP contribution is -2.45. The molecule has 0 spiro atoms. The standard InChI is InChI=1S/C29H38N4O5S2/c1-6-32(7-2)21-13-15-22(16-14-21)33-24-18-40(36,37)19-25(24)39-27(33)31-26(34)23(17-20-11-9-8-10-12-20)30-28(35)38-29(3,4)5/h8-16,23-25H,6-7,17-19H2,1-5H3,(H,30,35)/t23-,24+,25+/m0/s1. The molecule has 40 heavy (non-hydrogen) atoms. The number of benzene rings is 2. The molecule has 2 heterocycles. The number of amidine groups is 1.